The molecule has 1 aromatic carbocycles. The monoisotopic (exact) mass is 351 g/mol. The summed E-state index contributed by atoms with van der Waals surface area (Å²) in [5.74, 6) is -1.22. The Morgan fingerprint density at radius 3 is 2.53 bits per heavy atom. The van der Waals surface area contributed by atoms with Crippen LogP contribution in [0.1, 0.15) is 22.8 Å². The highest BCUT2D eigenvalue weighted by Gasteiger charge is 2.21. The summed E-state index contributed by atoms with van der Waals surface area (Å²) in [6.07, 6.45) is -0.832. The summed E-state index contributed by atoms with van der Waals surface area (Å²) in [5, 5.41) is 18.0. The summed E-state index contributed by atoms with van der Waals surface area (Å²) in [7, 11) is -3.87. The van der Waals surface area contributed by atoms with Crippen molar-refractivity contribution in [3.63, 3.8) is 0 Å². The van der Waals surface area contributed by atoms with Crippen molar-refractivity contribution in [2.24, 2.45) is 0 Å². The number of hydrogen-bond donors (Lipinski definition) is 3. The molecule has 0 radical (unpaired) electrons. The Morgan fingerprint density at radius 1 is 1.47 bits per heavy atom. The van der Waals surface area contributed by atoms with E-state index in [4.69, 9.17) is 10.2 Å². The van der Waals surface area contributed by atoms with E-state index in [1.54, 1.807) is 6.92 Å². The second-order valence-electron chi connectivity index (χ2n) is 4.09. The zero-order valence-corrected chi connectivity index (χ0v) is 12.7. The van der Waals surface area contributed by atoms with Gasteiger partial charge in [-0.15, -0.1) is 0 Å². The van der Waals surface area contributed by atoms with Crippen molar-refractivity contribution >= 4 is 31.9 Å². The van der Waals surface area contributed by atoms with E-state index in [0.717, 1.165) is 6.07 Å². The van der Waals surface area contributed by atoms with Crippen LogP contribution < -0.4 is 4.72 Å². The molecule has 1 rings (SSSR count). The minimum atomic E-state index is -3.87. The first-order valence-corrected chi connectivity index (χ1v) is 7.64. The van der Waals surface area contributed by atoms with Crippen LogP contribution in [0, 0.1) is 6.92 Å². The summed E-state index contributed by atoms with van der Waals surface area (Å²) in [5.41, 5.74) is 0.276. The minimum Gasteiger partial charge on any atom is -0.478 e. The number of halogens is 1. The molecule has 1 atom stereocenters. The fourth-order valence-corrected chi connectivity index (χ4v) is 3.37. The molecule has 0 heterocycles. The SMILES string of the molecule is Cc1c(Br)cc(C(=O)O)cc1S(=O)(=O)NC[C@H](C)O. The van der Waals surface area contributed by atoms with Crippen molar-refractivity contribution < 1.29 is 23.4 Å². The predicted octanol–water partition coefficient (Wildman–Crippen LogP) is 1.11. The lowest BCUT2D eigenvalue weighted by molar-refractivity contribution is 0.0696. The standard InChI is InChI=1S/C11H14BrNO5S/c1-6(14)5-13-19(17,18)10-4-8(11(15)16)3-9(12)7(10)2/h3-4,6,13-14H,5H2,1-2H3,(H,15,16)/t6-/m0/s1. The van der Waals surface area contributed by atoms with Gasteiger partial charge in [0.15, 0.2) is 0 Å². The first kappa shape index (κ1) is 16.1. The Hall–Kier alpha value is -0.960. The molecule has 3 N–H and O–H groups in total. The van der Waals surface area contributed by atoms with Gasteiger partial charge < -0.3 is 10.2 Å². The zero-order chi connectivity index (χ0) is 14.8. The van der Waals surface area contributed by atoms with Crippen LogP contribution in [0.2, 0.25) is 0 Å². The molecular weight excluding hydrogens is 338 g/mol. The van der Waals surface area contributed by atoms with E-state index in [0.29, 0.717) is 10.0 Å². The van der Waals surface area contributed by atoms with E-state index in [1.165, 1.54) is 13.0 Å². The minimum absolute atomic E-state index is 0.125. The van der Waals surface area contributed by atoms with Gasteiger partial charge in [0.25, 0.3) is 0 Å². The van der Waals surface area contributed by atoms with E-state index >= 15 is 0 Å². The molecule has 0 aliphatic heterocycles. The van der Waals surface area contributed by atoms with Crippen LogP contribution in [-0.4, -0.2) is 37.2 Å². The molecule has 8 heteroatoms. The second-order valence-corrected chi connectivity index (χ2v) is 6.68. The molecule has 0 saturated heterocycles. The van der Waals surface area contributed by atoms with Crippen LogP contribution in [0.5, 0.6) is 0 Å². The average Bonchev–Trinajstić information content (AvgIpc) is 2.29. The van der Waals surface area contributed by atoms with E-state index in [2.05, 4.69) is 20.7 Å². The number of benzene rings is 1. The van der Waals surface area contributed by atoms with Crippen LogP contribution >= 0.6 is 15.9 Å². The first-order chi connectivity index (χ1) is 8.65. The van der Waals surface area contributed by atoms with E-state index in [9.17, 15) is 13.2 Å². The summed E-state index contributed by atoms with van der Waals surface area (Å²) < 4.78 is 26.7. The van der Waals surface area contributed by atoms with Crippen molar-refractivity contribution in [3.8, 4) is 0 Å². The molecule has 1 aromatic rings. The van der Waals surface area contributed by atoms with Gasteiger partial charge in [0.05, 0.1) is 16.6 Å². The first-order valence-electron chi connectivity index (χ1n) is 5.36. The van der Waals surface area contributed by atoms with Gasteiger partial charge in [-0.3, -0.25) is 0 Å². The maximum absolute atomic E-state index is 12.0. The van der Waals surface area contributed by atoms with Gasteiger partial charge in [0, 0.05) is 11.0 Å². The molecule has 106 valence electrons. The van der Waals surface area contributed by atoms with Gasteiger partial charge in [-0.25, -0.2) is 17.9 Å². The molecule has 0 amide bonds. The lowest BCUT2D eigenvalue weighted by Crippen LogP contribution is -2.31. The number of rotatable bonds is 5. The van der Waals surface area contributed by atoms with Gasteiger partial charge in [-0.1, -0.05) is 15.9 Å². The van der Waals surface area contributed by atoms with Crippen LogP contribution in [0.3, 0.4) is 0 Å². The lowest BCUT2D eigenvalue weighted by Gasteiger charge is -2.12. The molecule has 19 heavy (non-hydrogen) atoms. The van der Waals surface area contributed by atoms with Crippen molar-refractivity contribution in [2.45, 2.75) is 24.8 Å². The molecule has 0 spiro atoms. The molecule has 0 aromatic heterocycles. The predicted molar refractivity (Wildman–Crippen MR) is 72.7 cm³/mol. The highest BCUT2D eigenvalue weighted by atomic mass is 79.9. The fraction of sp³-hybridized carbons (Fsp3) is 0.364. The molecule has 0 fully saturated rings. The van der Waals surface area contributed by atoms with E-state index < -0.39 is 22.1 Å². The molecule has 0 aliphatic carbocycles. The van der Waals surface area contributed by atoms with Crippen LogP contribution in [-0.2, 0) is 10.0 Å². The van der Waals surface area contributed by atoms with Crippen molar-refractivity contribution in [3.05, 3.63) is 27.7 Å². The third-order valence-electron chi connectivity index (χ3n) is 2.40. The van der Waals surface area contributed by atoms with Crippen molar-refractivity contribution in [2.75, 3.05) is 6.54 Å². The highest BCUT2D eigenvalue weighted by Crippen LogP contribution is 2.25. The van der Waals surface area contributed by atoms with Gasteiger partial charge in [-0.05, 0) is 31.5 Å². The number of aliphatic hydroxyl groups excluding tert-OH is 1. The van der Waals surface area contributed by atoms with Crippen LogP contribution in [0.4, 0.5) is 0 Å². The van der Waals surface area contributed by atoms with Crippen LogP contribution in [0.25, 0.3) is 0 Å². The number of carboxylic acids is 1. The zero-order valence-electron chi connectivity index (χ0n) is 10.3. The van der Waals surface area contributed by atoms with Crippen molar-refractivity contribution in [1.29, 1.82) is 0 Å². The van der Waals surface area contributed by atoms with E-state index in [1.807, 2.05) is 0 Å². The molecular formula is C11H14BrNO5S. The van der Waals surface area contributed by atoms with E-state index in [-0.39, 0.29) is 17.0 Å². The number of hydrogen-bond acceptors (Lipinski definition) is 4. The van der Waals surface area contributed by atoms with Gasteiger partial charge in [0.1, 0.15) is 0 Å². The van der Waals surface area contributed by atoms with Gasteiger partial charge >= 0.3 is 5.97 Å². The molecule has 0 saturated carbocycles. The lowest BCUT2D eigenvalue weighted by atomic mass is 10.1. The summed E-state index contributed by atoms with van der Waals surface area (Å²) in [6.45, 7) is 2.86. The highest BCUT2D eigenvalue weighted by molar-refractivity contribution is 9.10. The Balaban J connectivity index is 3.29. The second kappa shape index (κ2) is 6.00. The number of carboxylic acid groups (broad SMARTS) is 1. The number of aromatic carboxylic acids is 1. The summed E-state index contributed by atoms with van der Waals surface area (Å²) >= 11 is 3.13. The van der Waals surface area contributed by atoms with Gasteiger partial charge in [-0.2, -0.15) is 0 Å². The fourth-order valence-electron chi connectivity index (χ4n) is 1.36. The van der Waals surface area contributed by atoms with Crippen molar-refractivity contribution in [1.82, 2.24) is 4.72 Å². The molecule has 0 aliphatic rings. The Labute approximate surface area is 119 Å². The number of sulfonamides is 1. The molecule has 0 unspecified atom stereocenters. The topological polar surface area (TPSA) is 104 Å². The Kier molecular flexibility index (Phi) is 5.08. The number of aliphatic hydroxyl groups is 1. The number of carbonyl (C=O) groups is 1. The maximum Gasteiger partial charge on any atom is 0.335 e. The van der Waals surface area contributed by atoms with Gasteiger partial charge in [0.2, 0.25) is 10.0 Å². The quantitative estimate of drug-likeness (QED) is 0.737. The Morgan fingerprint density at radius 2 is 2.05 bits per heavy atom. The number of nitrogens with one attached hydrogen (secondary N) is 1. The summed E-state index contributed by atoms with van der Waals surface area (Å²) in [6, 6.07) is 2.43. The third kappa shape index (κ3) is 4.00. The third-order valence-corrected chi connectivity index (χ3v) is 4.78. The normalized spacial score (nSPS) is 13.3. The van der Waals surface area contributed by atoms with Crippen LogP contribution in [0.15, 0.2) is 21.5 Å². The molecule has 6 nitrogen and oxygen atoms in total. The largest absolute Gasteiger partial charge is 0.478 e. The maximum atomic E-state index is 12.0. The Bertz CT molecular complexity index is 597. The average molecular weight is 352 g/mol. The molecule has 0 bridgehead atoms. The smallest absolute Gasteiger partial charge is 0.335 e. The summed E-state index contributed by atoms with van der Waals surface area (Å²) in [4.78, 5) is 10.8.